The molecule has 0 amide bonds. The predicted octanol–water partition coefficient (Wildman–Crippen LogP) is 3.92. The number of hydrogen-bond donors (Lipinski definition) is 6. The van der Waals surface area contributed by atoms with E-state index in [9.17, 15) is 40.2 Å². The molecular weight excluding hydrogens is 821 g/mol. The van der Waals surface area contributed by atoms with Crippen molar-refractivity contribution in [3.8, 4) is 5.75 Å². The molecule has 17 nitrogen and oxygen atoms in total. The van der Waals surface area contributed by atoms with Crippen molar-refractivity contribution in [1.82, 2.24) is 9.47 Å². The van der Waals surface area contributed by atoms with E-state index in [1.165, 1.54) is 30.9 Å². The van der Waals surface area contributed by atoms with Crippen LogP contribution >= 0.6 is 0 Å². The number of nitrogens with zero attached hydrogens (tertiary/aromatic N) is 2. The molecule has 0 radical (unpaired) electrons. The largest absolute Gasteiger partial charge is 0.505 e. The molecular formula is C46H80N2O15. The highest BCUT2D eigenvalue weighted by Crippen LogP contribution is 2.45. The standard InChI is InChI=1S/C46H80N2O15/c1-17-31-46(13,56)37(51)25(4)33(48-19-18-30(49)34(48)41(54)63-43(8,9)10)23(2)21-44(11,55)39(62-42-35(50)29(47(14)15)20-24(3)58-42)26(5)36(27(6)40(53)60-31)61-32-22-45(12,57-16)38(52)28(7)59-32/h18-19,23-29,31-33,35-39,42,49-52,55-56H,17,20-22H2,1-16H3/t23-,24-,25+,26+,27-,28+,29+,31-,32+,33-,35-,36+,37-,38+,39-,42+,44-,45-,46-/m1/s1. The zero-order chi connectivity index (χ0) is 47.9. The van der Waals surface area contributed by atoms with Gasteiger partial charge in [0, 0.05) is 43.6 Å². The van der Waals surface area contributed by atoms with Crippen molar-refractivity contribution in [1.29, 1.82) is 0 Å². The molecule has 0 aromatic carbocycles. The number of aromatic nitrogens is 1. The Labute approximate surface area is 374 Å². The van der Waals surface area contributed by atoms with Gasteiger partial charge in [-0.15, -0.1) is 0 Å². The number of esters is 2. The van der Waals surface area contributed by atoms with Crippen molar-refractivity contribution in [3.63, 3.8) is 0 Å². The average molecular weight is 901 g/mol. The molecule has 4 rings (SSSR count). The van der Waals surface area contributed by atoms with Gasteiger partial charge in [0.25, 0.3) is 0 Å². The summed E-state index contributed by atoms with van der Waals surface area (Å²) in [5.41, 5.74) is -6.14. The lowest BCUT2D eigenvalue weighted by Crippen LogP contribution is -2.61. The number of carbonyl (C=O) groups is 2. The average Bonchev–Trinajstić information content (AvgIpc) is 3.55. The molecule has 0 saturated carbocycles. The maximum atomic E-state index is 14.5. The summed E-state index contributed by atoms with van der Waals surface area (Å²) in [7, 11) is 5.17. The molecule has 0 spiro atoms. The van der Waals surface area contributed by atoms with Crippen LogP contribution in [0, 0.1) is 23.7 Å². The van der Waals surface area contributed by atoms with E-state index < -0.39 is 119 Å². The van der Waals surface area contributed by atoms with Crippen LogP contribution in [0.1, 0.15) is 132 Å². The summed E-state index contributed by atoms with van der Waals surface area (Å²) in [6, 6.07) is 0.0437. The monoisotopic (exact) mass is 901 g/mol. The van der Waals surface area contributed by atoms with Crippen LogP contribution in [0.25, 0.3) is 0 Å². The SMILES string of the molecule is CC[C@H]1OC(=O)[C@H](C)[C@@H](O[C@H]2C[C@@](C)(OC)[C@@H](O)[C@H](C)O2)[C@H](C)[C@@H](O[C@@H]2O[C@H](C)C[C@H](N(C)C)[C@H]2O)[C@](C)(O)C[C@@H](C)[C@@H](n2ccc(O)c2C(=O)OC(C)(C)C)[C@H](C)[C@@H](O)[C@]1(C)O. The second-order valence-corrected chi connectivity index (χ2v) is 20.7. The van der Waals surface area contributed by atoms with E-state index in [1.54, 1.807) is 69.2 Å². The van der Waals surface area contributed by atoms with E-state index in [-0.39, 0.29) is 42.9 Å². The lowest BCUT2D eigenvalue weighted by atomic mass is 9.72. The van der Waals surface area contributed by atoms with E-state index in [0.29, 0.717) is 6.42 Å². The third-order valence-electron chi connectivity index (χ3n) is 13.9. The summed E-state index contributed by atoms with van der Waals surface area (Å²) in [5.74, 6) is -5.60. The fourth-order valence-corrected chi connectivity index (χ4v) is 10.3. The molecule has 3 aliphatic heterocycles. The second kappa shape index (κ2) is 20.2. The lowest BCUT2D eigenvalue weighted by Gasteiger charge is -2.50. The Kier molecular flexibility index (Phi) is 17.1. The zero-order valence-electron chi connectivity index (χ0n) is 40.5. The van der Waals surface area contributed by atoms with E-state index >= 15 is 0 Å². The summed E-state index contributed by atoms with van der Waals surface area (Å²) in [4.78, 5) is 30.2. The van der Waals surface area contributed by atoms with Crippen LogP contribution in [0.2, 0.25) is 0 Å². The summed E-state index contributed by atoms with van der Waals surface area (Å²) >= 11 is 0. The number of ether oxygens (including phenoxy) is 7. The number of aromatic hydroxyl groups is 1. The molecule has 4 heterocycles. The third-order valence-corrected chi connectivity index (χ3v) is 13.9. The van der Waals surface area contributed by atoms with Gasteiger partial charge >= 0.3 is 11.9 Å². The predicted molar refractivity (Wildman–Crippen MR) is 232 cm³/mol. The van der Waals surface area contributed by atoms with Gasteiger partial charge in [-0.05, 0) is 108 Å². The minimum absolute atomic E-state index is 0.0627. The first-order chi connectivity index (χ1) is 28.9. The van der Waals surface area contributed by atoms with E-state index in [0.717, 1.165) is 0 Å². The van der Waals surface area contributed by atoms with E-state index in [4.69, 9.17) is 33.2 Å². The van der Waals surface area contributed by atoms with E-state index in [2.05, 4.69) is 0 Å². The van der Waals surface area contributed by atoms with Gasteiger partial charge in [-0.3, -0.25) is 4.79 Å². The Bertz CT molecular complexity index is 1680. The molecule has 0 aliphatic carbocycles. The Morgan fingerprint density at radius 1 is 0.952 bits per heavy atom. The molecule has 3 aliphatic rings. The molecule has 3 saturated heterocycles. The fourth-order valence-electron chi connectivity index (χ4n) is 10.3. The van der Waals surface area contributed by atoms with Crippen LogP contribution in [0.15, 0.2) is 12.3 Å². The molecule has 0 bridgehead atoms. The Hall–Kier alpha value is -2.42. The Balaban J connectivity index is 1.96. The van der Waals surface area contributed by atoms with Crippen molar-refractivity contribution in [2.24, 2.45) is 23.7 Å². The number of aliphatic hydroxyl groups is 5. The quantitative estimate of drug-likeness (QED) is 0.193. The first-order valence-electron chi connectivity index (χ1n) is 22.6. The summed E-state index contributed by atoms with van der Waals surface area (Å²) in [6.45, 7) is 21.9. The van der Waals surface area contributed by atoms with Crippen molar-refractivity contribution < 1.29 is 73.4 Å². The van der Waals surface area contributed by atoms with Crippen molar-refractivity contribution >= 4 is 11.9 Å². The highest BCUT2D eigenvalue weighted by molar-refractivity contribution is 5.91. The second-order valence-electron chi connectivity index (χ2n) is 20.7. The smallest absolute Gasteiger partial charge is 0.359 e. The topological polar surface area (TPSA) is 228 Å². The molecule has 17 heteroatoms. The maximum absolute atomic E-state index is 14.5. The third kappa shape index (κ3) is 11.6. The van der Waals surface area contributed by atoms with Gasteiger partial charge in [-0.1, -0.05) is 27.7 Å². The molecule has 1 aromatic heterocycles. The van der Waals surface area contributed by atoms with Crippen LogP contribution in [-0.2, 0) is 38.0 Å². The molecule has 3 fully saturated rings. The zero-order valence-corrected chi connectivity index (χ0v) is 40.5. The summed E-state index contributed by atoms with van der Waals surface area (Å²) in [5, 5.41) is 71.5. The van der Waals surface area contributed by atoms with Crippen molar-refractivity contribution in [3.05, 3.63) is 18.0 Å². The highest BCUT2D eigenvalue weighted by Gasteiger charge is 2.54. The summed E-state index contributed by atoms with van der Waals surface area (Å²) in [6.07, 6.45) is -8.72. The highest BCUT2D eigenvalue weighted by atomic mass is 16.7. The minimum atomic E-state index is -2.06. The van der Waals surface area contributed by atoms with Gasteiger partial charge in [0.05, 0.1) is 47.6 Å². The summed E-state index contributed by atoms with van der Waals surface area (Å²) < 4.78 is 45.1. The molecule has 0 unspecified atom stereocenters. The maximum Gasteiger partial charge on any atom is 0.359 e. The van der Waals surface area contributed by atoms with Gasteiger partial charge < -0.3 is 73.3 Å². The van der Waals surface area contributed by atoms with Crippen LogP contribution in [-0.4, -0.2) is 163 Å². The van der Waals surface area contributed by atoms with Gasteiger partial charge in [0.2, 0.25) is 0 Å². The number of likely N-dealkylation sites (N-methyl/N-ethyl adjacent to an activating group) is 1. The fraction of sp³-hybridized carbons (Fsp3) is 0.870. The van der Waals surface area contributed by atoms with Gasteiger partial charge in [0.15, 0.2) is 18.3 Å². The first-order valence-corrected chi connectivity index (χ1v) is 22.6. The van der Waals surface area contributed by atoms with Crippen molar-refractivity contribution in [2.75, 3.05) is 21.2 Å². The minimum Gasteiger partial charge on any atom is -0.505 e. The number of aliphatic hydroxyl groups excluding tert-OH is 3. The number of methoxy groups -OCH3 is 1. The van der Waals surface area contributed by atoms with Crippen LogP contribution in [0.3, 0.4) is 0 Å². The van der Waals surface area contributed by atoms with Gasteiger partial charge in [-0.25, -0.2) is 4.79 Å². The number of cyclic esters (lactones) is 1. The number of carbonyl (C=O) groups excluding carboxylic acids is 2. The molecule has 6 N–H and O–H groups in total. The van der Waals surface area contributed by atoms with Crippen LogP contribution in [0.4, 0.5) is 0 Å². The molecule has 1 aromatic rings. The number of hydrogen-bond acceptors (Lipinski definition) is 16. The van der Waals surface area contributed by atoms with E-state index in [1.807, 2.05) is 32.8 Å². The van der Waals surface area contributed by atoms with Crippen LogP contribution in [0.5, 0.6) is 5.75 Å². The molecule has 364 valence electrons. The van der Waals surface area contributed by atoms with Gasteiger partial charge in [0.1, 0.15) is 35.3 Å². The Morgan fingerprint density at radius 2 is 1.57 bits per heavy atom. The Morgan fingerprint density at radius 3 is 2.13 bits per heavy atom. The molecule has 63 heavy (non-hydrogen) atoms. The number of rotatable bonds is 9. The van der Waals surface area contributed by atoms with Crippen LogP contribution < -0.4 is 0 Å². The van der Waals surface area contributed by atoms with Crippen molar-refractivity contribution in [2.45, 2.75) is 212 Å². The lowest BCUT2D eigenvalue weighted by molar-refractivity contribution is -0.318. The normalized spacial score (nSPS) is 43.9. The first kappa shape index (κ1) is 53.2. The molecule has 19 atom stereocenters. The van der Waals surface area contributed by atoms with Gasteiger partial charge in [-0.2, -0.15) is 0 Å².